The highest BCUT2D eigenvalue weighted by Gasteiger charge is 2.14. The summed E-state index contributed by atoms with van der Waals surface area (Å²) in [6.07, 6.45) is 1.87. The van der Waals surface area contributed by atoms with Gasteiger partial charge in [0.2, 0.25) is 0 Å². The highest BCUT2D eigenvalue weighted by atomic mass is 19.1. The Morgan fingerprint density at radius 2 is 1.75 bits per heavy atom. The zero-order chi connectivity index (χ0) is 11.8. The summed E-state index contributed by atoms with van der Waals surface area (Å²) in [5.41, 5.74) is 1.30. The number of rotatable bonds is 7. The second-order valence-electron chi connectivity index (χ2n) is 4.05. The molecule has 1 aromatic carbocycles. The van der Waals surface area contributed by atoms with E-state index in [4.69, 9.17) is 0 Å². The second kappa shape index (κ2) is 7.39. The Balaban J connectivity index is 2.45. The van der Waals surface area contributed by atoms with Gasteiger partial charge in [-0.3, -0.25) is 4.90 Å². The summed E-state index contributed by atoms with van der Waals surface area (Å²) in [5, 5.41) is 0. The van der Waals surface area contributed by atoms with Crippen molar-refractivity contribution in [1.29, 1.82) is 0 Å². The number of nitrogens with zero attached hydrogens (tertiary/aromatic N) is 1. The van der Waals surface area contributed by atoms with E-state index in [9.17, 15) is 4.39 Å². The van der Waals surface area contributed by atoms with Gasteiger partial charge in [0.25, 0.3) is 0 Å². The van der Waals surface area contributed by atoms with Crippen LogP contribution in [0.4, 0.5) is 4.39 Å². The molecule has 0 saturated carbocycles. The average molecular weight is 223 g/mol. The average Bonchev–Trinajstić information content (AvgIpc) is 2.35. The molecule has 0 aromatic heterocycles. The van der Waals surface area contributed by atoms with E-state index < -0.39 is 0 Å². The van der Waals surface area contributed by atoms with Gasteiger partial charge in [0.1, 0.15) is 6.67 Å². The highest BCUT2D eigenvalue weighted by Crippen LogP contribution is 2.10. The van der Waals surface area contributed by atoms with Crippen LogP contribution in [0, 0.1) is 0 Å². The quantitative estimate of drug-likeness (QED) is 0.685. The zero-order valence-electron chi connectivity index (χ0n) is 10.3. The predicted octanol–water partition coefficient (Wildman–Crippen LogP) is 3.30. The summed E-state index contributed by atoms with van der Waals surface area (Å²) >= 11 is 0. The minimum absolute atomic E-state index is 0.0789. The molecule has 16 heavy (non-hydrogen) atoms. The lowest BCUT2D eigenvalue weighted by Crippen LogP contribution is -2.37. The molecule has 0 spiro atoms. The summed E-state index contributed by atoms with van der Waals surface area (Å²) in [4.78, 5) is 2.20. The summed E-state index contributed by atoms with van der Waals surface area (Å²) < 4.78 is 12.9. The molecule has 1 nitrogen and oxygen atoms in total. The second-order valence-corrected chi connectivity index (χ2v) is 4.05. The van der Waals surface area contributed by atoms with Crippen LogP contribution in [0.1, 0.15) is 25.8 Å². The monoisotopic (exact) mass is 223 g/mol. The van der Waals surface area contributed by atoms with Gasteiger partial charge < -0.3 is 0 Å². The standard InChI is InChI=1S/C14H22FN/c1-3-16(4-2)14(12-15)11-10-13-8-6-5-7-9-13/h5-9,14H,3-4,10-12H2,1-2H3. The minimum atomic E-state index is -0.242. The largest absolute Gasteiger partial charge is 0.298 e. The van der Waals surface area contributed by atoms with Crippen LogP contribution in [0.2, 0.25) is 0 Å². The highest BCUT2D eigenvalue weighted by molar-refractivity contribution is 5.14. The molecule has 1 atom stereocenters. The lowest BCUT2D eigenvalue weighted by atomic mass is 10.0. The van der Waals surface area contributed by atoms with Gasteiger partial charge in [-0.2, -0.15) is 0 Å². The van der Waals surface area contributed by atoms with Crippen molar-refractivity contribution in [1.82, 2.24) is 4.90 Å². The van der Waals surface area contributed by atoms with Crippen LogP contribution in [-0.4, -0.2) is 30.7 Å². The maximum Gasteiger partial charge on any atom is 0.105 e. The van der Waals surface area contributed by atoms with Crippen molar-refractivity contribution >= 4 is 0 Å². The molecule has 0 fully saturated rings. The van der Waals surface area contributed by atoms with Crippen molar-refractivity contribution in [3.05, 3.63) is 35.9 Å². The van der Waals surface area contributed by atoms with E-state index in [2.05, 4.69) is 30.9 Å². The van der Waals surface area contributed by atoms with E-state index >= 15 is 0 Å². The van der Waals surface area contributed by atoms with Crippen molar-refractivity contribution in [3.63, 3.8) is 0 Å². The fourth-order valence-electron chi connectivity index (χ4n) is 2.08. The molecule has 0 aliphatic carbocycles. The number of benzene rings is 1. The Kier molecular flexibility index (Phi) is 6.09. The first-order valence-electron chi connectivity index (χ1n) is 6.15. The fourth-order valence-corrected chi connectivity index (χ4v) is 2.08. The third kappa shape index (κ3) is 3.93. The third-order valence-corrected chi connectivity index (χ3v) is 3.12. The molecule has 0 saturated heterocycles. The van der Waals surface area contributed by atoms with Gasteiger partial charge in [-0.25, -0.2) is 4.39 Å². The van der Waals surface area contributed by atoms with Gasteiger partial charge in [-0.05, 0) is 31.5 Å². The summed E-state index contributed by atoms with van der Waals surface area (Å²) in [6.45, 7) is 5.80. The van der Waals surface area contributed by atoms with E-state index in [-0.39, 0.29) is 12.7 Å². The molecule has 0 aliphatic rings. The lowest BCUT2D eigenvalue weighted by molar-refractivity contribution is 0.172. The maximum absolute atomic E-state index is 12.9. The van der Waals surface area contributed by atoms with Crippen molar-refractivity contribution in [2.24, 2.45) is 0 Å². The number of hydrogen-bond acceptors (Lipinski definition) is 1. The van der Waals surface area contributed by atoms with Gasteiger partial charge in [0, 0.05) is 6.04 Å². The fraction of sp³-hybridized carbons (Fsp3) is 0.571. The van der Waals surface area contributed by atoms with Gasteiger partial charge in [0.05, 0.1) is 0 Å². The van der Waals surface area contributed by atoms with E-state index in [0.29, 0.717) is 0 Å². The Labute approximate surface area is 98.3 Å². The van der Waals surface area contributed by atoms with Crippen LogP contribution in [0.25, 0.3) is 0 Å². The SMILES string of the molecule is CCN(CC)C(CF)CCc1ccccc1. The molecule has 1 aromatic rings. The molecule has 0 amide bonds. The molecule has 0 aliphatic heterocycles. The Hall–Kier alpha value is -0.890. The number of aryl methyl sites for hydroxylation is 1. The molecule has 2 heteroatoms. The van der Waals surface area contributed by atoms with E-state index in [1.54, 1.807) is 0 Å². The van der Waals surface area contributed by atoms with Crippen LogP contribution in [0.5, 0.6) is 0 Å². The van der Waals surface area contributed by atoms with Crippen LogP contribution >= 0.6 is 0 Å². The molecule has 0 heterocycles. The van der Waals surface area contributed by atoms with Gasteiger partial charge in [0.15, 0.2) is 0 Å². The first-order valence-corrected chi connectivity index (χ1v) is 6.15. The predicted molar refractivity (Wildman–Crippen MR) is 67.4 cm³/mol. The number of alkyl halides is 1. The zero-order valence-corrected chi connectivity index (χ0v) is 10.3. The first-order chi connectivity index (χ1) is 7.81. The molecule has 1 unspecified atom stereocenters. The van der Waals surface area contributed by atoms with E-state index in [0.717, 1.165) is 25.9 Å². The first kappa shape index (κ1) is 13.2. The normalized spacial score (nSPS) is 13.0. The molecule has 0 bridgehead atoms. The van der Waals surface area contributed by atoms with Crippen LogP contribution in [0.15, 0.2) is 30.3 Å². The van der Waals surface area contributed by atoms with E-state index in [1.807, 2.05) is 18.2 Å². The summed E-state index contributed by atoms with van der Waals surface area (Å²) in [6, 6.07) is 10.4. The molecule has 0 N–H and O–H groups in total. The Morgan fingerprint density at radius 1 is 1.12 bits per heavy atom. The molecular formula is C14H22FN. The molecular weight excluding hydrogens is 201 g/mol. The topological polar surface area (TPSA) is 3.24 Å². The number of halogens is 1. The van der Waals surface area contributed by atoms with Crippen molar-refractivity contribution in [3.8, 4) is 0 Å². The van der Waals surface area contributed by atoms with Crippen molar-refractivity contribution in [2.45, 2.75) is 32.7 Å². The van der Waals surface area contributed by atoms with Crippen LogP contribution < -0.4 is 0 Å². The molecule has 0 radical (unpaired) electrons. The Morgan fingerprint density at radius 3 is 2.25 bits per heavy atom. The molecule has 1 rings (SSSR count). The molecule has 90 valence electrons. The van der Waals surface area contributed by atoms with Crippen LogP contribution in [0.3, 0.4) is 0 Å². The van der Waals surface area contributed by atoms with Crippen LogP contribution in [-0.2, 0) is 6.42 Å². The van der Waals surface area contributed by atoms with Gasteiger partial charge in [-0.15, -0.1) is 0 Å². The smallest absolute Gasteiger partial charge is 0.105 e. The summed E-state index contributed by atoms with van der Waals surface area (Å²) in [7, 11) is 0. The third-order valence-electron chi connectivity index (χ3n) is 3.12. The summed E-state index contributed by atoms with van der Waals surface area (Å²) in [5.74, 6) is 0. The Bertz CT molecular complexity index is 269. The van der Waals surface area contributed by atoms with Gasteiger partial charge >= 0.3 is 0 Å². The maximum atomic E-state index is 12.9. The number of hydrogen-bond donors (Lipinski definition) is 0. The van der Waals surface area contributed by atoms with Crippen molar-refractivity contribution in [2.75, 3.05) is 19.8 Å². The minimum Gasteiger partial charge on any atom is -0.298 e. The van der Waals surface area contributed by atoms with Crippen molar-refractivity contribution < 1.29 is 4.39 Å². The van der Waals surface area contributed by atoms with Gasteiger partial charge in [-0.1, -0.05) is 44.2 Å². The lowest BCUT2D eigenvalue weighted by Gasteiger charge is -2.27. The van der Waals surface area contributed by atoms with E-state index in [1.165, 1.54) is 5.56 Å².